The van der Waals surface area contributed by atoms with E-state index in [0.29, 0.717) is 13.0 Å². The number of hydrogen-bond acceptors (Lipinski definition) is 3. The van der Waals surface area contributed by atoms with Crippen molar-refractivity contribution >= 4 is 11.8 Å². The summed E-state index contributed by atoms with van der Waals surface area (Å²) in [6, 6.07) is 9.47. The van der Waals surface area contributed by atoms with Gasteiger partial charge < -0.3 is 15.3 Å². The van der Waals surface area contributed by atoms with Gasteiger partial charge in [0.2, 0.25) is 11.8 Å². The van der Waals surface area contributed by atoms with Crippen LogP contribution in [0.3, 0.4) is 0 Å². The molecule has 132 valence electrons. The zero-order valence-electron chi connectivity index (χ0n) is 13.4. The fourth-order valence-electron chi connectivity index (χ4n) is 2.65. The first kappa shape index (κ1) is 18.3. The van der Waals surface area contributed by atoms with Crippen LogP contribution in [0.5, 0.6) is 0 Å². The summed E-state index contributed by atoms with van der Waals surface area (Å²) in [7, 11) is 0. The Bertz CT molecular complexity index is 568. The summed E-state index contributed by atoms with van der Waals surface area (Å²) < 4.78 is 25.4. The Balaban J connectivity index is 1.65. The molecule has 1 aromatic carbocycles. The smallest absolute Gasteiger partial charge is 0.268 e. The van der Waals surface area contributed by atoms with Crippen LogP contribution in [0, 0.1) is 0 Å². The van der Waals surface area contributed by atoms with E-state index in [1.807, 2.05) is 30.3 Å². The van der Waals surface area contributed by atoms with Gasteiger partial charge in [-0.25, -0.2) is 8.78 Å². The minimum Gasteiger partial charge on any atom is -0.382 e. The fraction of sp³-hybridized carbons (Fsp3) is 0.529. The Labute approximate surface area is 139 Å². The maximum atomic E-state index is 12.7. The fourth-order valence-corrected chi connectivity index (χ4v) is 2.65. The third-order valence-electron chi connectivity index (χ3n) is 4.17. The monoisotopic (exact) mass is 340 g/mol. The Morgan fingerprint density at radius 3 is 2.58 bits per heavy atom. The third kappa shape index (κ3) is 4.99. The van der Waals surface area contributed by atoms with Gasteiger partial charge in [0.1, 0.15) is 5.60 Å². The van der Waals surface area contributed by atoms with E-state index in [1.54, 1.807) is 0 Å². The Kier molecular flexibility index (Phi) is 6.25. The molecule has 1 aromatic rings. The topological polar surface area (TPSA) is 69.6 Å². The van der Waals surface area contributed by atoms with Gasteiger partial charge in [0, 0.05) is 32.4 Å². The number of nitrogens with one attached hydrogen (secondary N) is 1. The number of rotatable bonds is 7. The van der Waals surface area contributed by atoms with Crippen LogP contribution < -0.4 is 5.32 Å². The van der Waals surface area contributed by atoms with Gasteiger partial charge in [0.15, 0.2) is 0 Å². The summed E-state index contributed by atoms with van der Waals surface area (Å²) in [5.74, 6) is -0.459. The van der Waals surface area contributed by atoms with Gasteiger partial charge in [-0.05, 0) is 12.0 Å². The number of benzene rings is 1. The molecular formula is C17H22F2N2O3. The molecule has 2 rings (SSSR count). The minimum absolute atomic E-state index is 0.109. The Hall–Kier alpha value is -2.02. The molecule has 0 spiro atoms. The predicted molar refractivity (Wildman–Crippen MR) is 84.3 cm³/mol. The molecule has 24 heavy (non-hydrogen) atoms. The summed E-state index contributed by atoms with van der Waals surface area (Å²) in [6.07, 6.45) is -2.32. The van der Waals surface area contributed by atoms with Crippen LogP contribution in [0.4, 0.5) is 8.78 Å². The number of aliphatic hydroxyl groups is 1. The highest BCUT2D eigenvalue weighted by Crippen LogP contribution is 2.28. The van der Waals surface area contributed by atoms with Crippen molar-refractivity contribution < 1.29 is 23.5 Å². The molecule has 0 unspecified atom stereocenters. The summed E-state index contributed by atoms with van der Waals surface area (Å²) >= 11 is 0. The van der Waals surface area contributed by atoms with Crippen LogP contribution in [-0.4, -0.2) is 46.9 Å². The number of carbonyl (C=O) groups is 2. The van der Waals surface area contributed by atoms with Gasteiger partial charge in [-0.3, -0.25) is 9.59 Å². The molecule has 1 saturated heterocycles. The normalized spacial score (nSPS) is 20.4. The highest BCUT2D eigenvalue weighted by atomic mass is 19.3. The number of hydrogen-bond donors (Lipinski definition) is 2. The van der Waals surface area contributed by atoms with E-state index >= 15 is 0 Å². The van der Waals surface area contributed by atoms with E-state index in [0.717, 1.165) is 5.56 Å². The molecule has 5 nitrogen and oxygen atoms in total. The highest BCUT2D eigenvalue weighted by Gasteiger charge is 2.45. The standard InChI is InChI=1S/C17H22F2N2O3/c18-16(19)17(24)9-10-21(12-17)15(23)8-4-7-14(22)20-11-13-5-2-1-3-6-13/h1-3,5-6,16,24H,4,7-12H2,(H,20,22)/t17-/m0/s1. The molecule has 1 aliphatic rings. The molecule has 1 heterocycles. The van der Waals surface area contributed by atoms with Crippen LogP contribution >= 0.6 is 0 Å². The average Bonchev–Trinajstić information content (AvgIpc) is 2.98. The van der Waals surface area contributed by atoms with Gasteiger partial charge in [-0.15, -0.1) is 0 Å². The van der Waals surface area contributed by atoms with Crippen molar-refractivity contribution in [1.82, 2.24) is 10.2 Å². The number of amides is 2. The number of halogens is 2. The molecule has 0 radical (unpaired) electrons. The van der Waals surface area contributed by atoms with E-state index in [1.165, 1.54) is 4.90 Å². The molecular weight excluding hydrogens is 318 g/mol. The van der Waals surface area contributed by atoms with Gasteiger partial charge >= 0.3 is 0 Å². The van der Waals surface area contributed by atoms with Crippen molar-refractivity contribution in [3.8, 4) is 0 Å². The zero-order chi connectivity index (χ0) is 17.6. The Morgan fingerprint density at radius 1 is 1.25 bits per heavy atom. The first-order chi connectivity index (χ1) is 11.4. The first-order valence-electron chi connectivity index (χ1n) is 8.00. The summed E-state index contributed by atoms with van der Waals surface area (Å²) in [6.45, 7) is 0.213. The zero-order valence-corrected chi connectivity index (χ0v) is 13.4. The lowest BCUT2D eigenvalue weighted by atomic mass is 10.1. The maximum absolute atomic E-state index is 12.7. The molecule has 0 aromatic heterocycles. The van der Waals surface area contributed by atoms with Gasteiger partial charge in [-0.2, -0.15) is 0 Å². The molecule has 0 bridgehead atoms. The summed E-state index contributed by atoms with van der Waals surface area (Å²) in [4.78, 5) is 24.9. The van der Waals surface area contributed by atoms with E-state index in [2.05, 4.69) is 5.32 Å². The molecule has 1 atom stereocenters. The van der Waals surface area contributed by atoms with Crippen LogP contribution in [-0.2, 0) is 16.1 Å². The molecule has 0 aliphatic carbocycles. The lowest BCUT2D eigenvalue weighted by molar-refractivity contribution is -0.133. The van der Waals surface area contributed by atoms with Crippen LogP contribution in [0.2, 0.25) is 0 Å². The van der Waals surface area contributed by atoms with E-state index < -0.39 is 12.0 Å². The SMILES string of the molecule is O=C(CCCC(=O)N1CC[C@@](O)(C(F)F)C1)NCc1ccccc1. The largest absolute Gasteiger partial charge is 0.382 e. The van der Waals surface area contributed by atoms with Gasteiger partial charge in [-0.1, -0.05) is 30.3 Å². The van der Waals surface area contributed by atoms with Gasteiger partial charge in [0.05, 0.1) is 6.54 Å². The van der Waals surface area contributed by atoms with Crippen molar-refractivity contribution in [1.29, 1.82) is 0 Å². The molecule has 7 heteroatoms. The number of nitrogens with zero attached hydrogens (tertiary/aromatic N) is 1. The molecule has 1 aliphatic heterocycles. The van der Waals surface area contributed by atoms with Crippen LogP contribution in [0.15, 0.2) is 30.3 Å². The lowest BCUT2D eigenvalue weighted by Gasteiger charge is -2.22. The van der Waals surface area contributed by atoms with Crippen molar-refractivity contribution in [3.63, 3.8) is 0 Å². The highest BCUT2D eigenvalue weighted by molar-refractivity contribution is 5.79. The summed E-state index contributed by atoms with van der Waals surface area (Å²) in [5.41, 5.74) is -1.10. The van der Waals surface area contributed by atoms with Gasteiger partial charge in [0.25, 0.3) is 6.43 Å². The average molecular weight is 340 g/mol. The number of alkyl halides is 2. The quantitative estimate of drug-likeness (QED) is 0.794. The first-order valence-corrected chi connectivity index (χ1v) is 8.00. The summed E-state index contributed by atoms with van der Waals surface area (Å²) in [5, 5.41) is 12.4. The second kappa shape index (κ2) is 8.19. The Morgan fingerprint density at radius 2 is 1.96 bits per heavy atom. The molecule has 0 saturated carbocycles. The van der Waals surface area contributed by atoms with Crippen molar-refractivity contribution in [2.75, 3.05) is 13.1 Å². The maximum Gasteiger partial charge on any atom is 0.268 e. The van der Waals surface area contributed by atoms with Crippen molar-refractivity contribution in [3.05, 3.63) is 35.9 Å². The molecule has 2 amide bonds. The second-order valence-electron chi connectivity index (χ2n) is 6.09. The number of β-amino-alcohol motifs (C(OH)–C–C–N with tert-alkyl or cyclic N) is 1. The van der Waals surface area contributed by atoms with Crippen molar-refractivity contribution in [2.24, 2.45) is 0 Å². The van der Waals surface area contributed by atoms with E-state index in [4.69, 9.17) is 0 Å². The molecule has 1 fully saturated rings. The number of likely N-dealkylation sites (tertiary alicyclic amines) is 1. The number of carbonyl (C=O) groups excluding carboxylic acids is 2. The third-order valence-corrected chi connectivity index (χ3v) is 4.17. The second-order valence-corrected chi connectivity index (χ2v) is 6.09. The minimum atomic E-state index is -2.86. The van der Waals surface area contributed by atoms with E-state index in [-0.39, 0.29) is 44.2 Å². The van der Waals surface area contributed by atoms with Crippen molar-refractivity contribution in [2.45, 2.75) is 44.3 Å². The van der Waals surface area contributed by atoms with Crippen LogP contribution in [0.25, 0.3) is 0 Å². The predicted octanol–water partition coefficient (Wildman–Crippen LogP) is 1.70. The lowest BCUT2D eigenvalue weighted by Crippen LogP contribution is -2.41. The molecule has 2 N–H and O–H groups in total. The van der Waals surface area contributed by atoms with Crippen LogP contribution in [0.1, 0.15) is 31.2 Å². The van der Waals surface area contributed by atoms with E-state index in [9.17, 15) is 23.5 Å².